The molecule has 2 heterocycles. The van der Waals surface area contributed by atoms with Crippen molar-refractivity contribution in [3.63, 3.8) is 0 Å². The van der Waals surface area contributed by atoms with Gasteiger partial charge < -0.3 is 4.74 Å². The summed E-state index contributed by atoms with van der Waals surface area (Å²) < 4.78 is 32.7. The summed E-state index contributed by atoms with van der Waals surface area (Å²) in [6, 6.07) is 3.46. The van der Waals surface area contributed by atoms with Crippen molar-refractivity contribution in [1.82, 2.24) is 5.43 Å². The van der Waals surface area contributed by atoms with E-state index in [9.17, 15) is 8.78 Å². The van der Waals surface area contributed by atoms with Gasteiger partial charge in [-0.3, -0.25) is 11.3 Å². The molecule has 2 aliphatic rings. The molecule has 5 heteroatoms. The Balaban J connectivity index is 1.74. The summed E-state index contributed by atoms with van der Waals surface area (Å²) in [6.07, 6.45) is 4.02. The minimum absolute atomic E-state index is 0.0772. The molecule has 0 aromatic heterocycles. The highest BCUT2D eigenvalue weighted by Crippen LogP contribution is 2.40. The summed E-state index contributed by atoms with van der Waals surface area (Å²) >= 11 is 0. The van der Waals surface area contributed by atoms with Gasteiger partial charge in [-0.25, -0.2) is 8.78 Å². The van der Waals surface area contributed by atoms with Crippen LogP contribution in [0, 0.1) is 17.6 Å². The van der Waals surface area contributed by atoms with Gasteiger partial charge >= 0.3 is 0 Å². The van der Waals surface area contributed by atoms with Gasteiger partial charge in [0.05, 0.1) is 12.2 Å². The fraction of sp³-hybridized carbons (Fsp3) is 0.571. The highest BCUT2D eigenvalue weighted by molar-refractivity contribution is 5.20. The lowest BCUT2D eigenvalue weighted by Gasteiger charge is -2.28. The lowest BCUT2D eigenvalue weighted by atomic mass is 9.81. The normalized spacial score (nSPS) is 30.8. The van der Waals surface area contributed by atoms with Crippen molar-refractivity contribution in [3.8, 4) is 0 Å². The number of hydrogen-bond donors (Lipinski definition) is 2. The highest BCUT2D eigenvalue weighted by atomic mass is 19.1. The molecule has 19 heavy (non-hydrogen) atoms. The van der Waals surface area contributed by atoms with Gasteiger partial charge in [-0.05, 0) is 49.4 Å². The van der Waals surface area contributed by atoms with Gasteiger partial charge in [0.25, 0.3) is 0 Å². The molecule has 1 aromatic carbocycles. The summed E-state index contributed by atoms with van der Waals surface area (Å²) in [4.78, 5) is 0. The molecule has 0 amide bonds. The van der Waals surface area contributed by atoms with Crippen LogP contribution < -0.4 is 11.3 Å². The van der Waals surface area contributed by atoms with Crippen LogP contribution in [0.3, 0.4) is 0 Å². The van der Waals surface area contributed by atoms with Crippen LogP contribution in [0.25, 0.3) is 0 Å². The average molecular weight is 268 g/mol. The fourth-order valence-electron chi connectivity index (χ4n) is 3.37. The minimum Gasteiger partial charge on any atom is -0.375 e. The van der Waals surface area contributed by atoms with Gasteiger partial charge in [0, 0.05) is 12.0 Å². The Hall–Kier alpha value is -1.04. The first kappa shape index (κ1) is 13.0. The Bertz CT molecular complexity index is 469. The molecule has 0 spiro atoms. The Kier molecular flexibility index (Phi) is 3.52. The predicted octanol–water partition coefficient (Wildman–Crippen LogP) is 1.91. The third kappa shape index (κ3) is 2.50. The van der Waals surface area contributed by atoms with Gasteiger partial charge in [0.2, 0.25) is 0 Å². The molecule has 0 aliphatic carbocycles. The van der Waals surface area contributed by atoms with Crippen molar-refractivity contribution < 1.29 is 13.5 Å². The van der Waals surface area contributed by atoms with Crippen molar-refractivity contribution in [2.24, 2.45) is 11.8 Å². The quantitative estimate of drug-likeness (QED) is 0.648. The number of halogens is 2. The Morgan fingerprint density at radius 2 is 2.21 bits per heavy atom. The zero-order valence-electron chi connectivity index (χ0n) is 10.6. The standard InChI is InChI=1S/C14H18F2N2O/c15-9-1-3-12(16)8(5-9)6-13(18-17)11-7-10-2-4-14(11)19-10/h1,3,5,10-11,13-14,18H,2,4,6-7,17H2. The molecule has 4 unspecified atom stereocenters. The van der Waals surface area contributed by atoms with Crippen LogP contribution in [0.5, 0.6) is 0 Å². The Morgan fingerprint density at radius 3 is 2.84 bits per heavy atom. The van der Waals surface area contributed by atoms with Gasteiger partial charge in [-0.2, -0.15) is 0 Å². The van der Waals surface area contributed by atoms with E-state index in [-0.39, 0.29) is 23.9 Å². The third-order valence-corrected chi connectivity index (χ3v) is 4.33. The lowest BCUT2D eigenvalue weighted by Crippen LogP contribution is -2.45. The molecule has 2 fully saturated rings. The van der Waals surface area contributed by atoms with E-state index >= 15 is 0 Å². The topological polar surface area (TPSA) is 47.3 Å². The predicted molar refractivity (Wildman–Crippen MR) is 67.2 cm³/mol. The minimum atomic E-state index is -0.420. The smallest absolute Gasteiger partial charge is 0.126 e. The van der Waals surface area contributed by atoms with E-state index in [1.54, 1.807) is 0 Å². The van der Waals surface area contributed by atoms with Crippen LogP contribution in [-0.2, 0) is 11.2 Å². The van der Waals surface area contributed by atoms with E-state index in [2.05, 4.69) is 5.43 Å². The molecule has 3 rings (SSSR count). The maximum atomic E-state index is 13.7. The van der Waals surface area contributed by atoms with Gasteiger partial charge in [0.15, 0.2) is 0 Å². The molecule has 0 radical (unpaired) electrons. The summed E-state index contributed by atoms with van der Waals surface area (Å²) in [7, 11) is 0. The zero-order valence-corrected chi connectivity index (χ0v) is 10.6. The molecule has 3 N–H and O–H groups in total. The van der Waals surface area contributed by atoms with Crippen molar-refractivity contribution in [2.45, 2.75) is 43.9 Å². The zero-order chi connectivity index (χ0) is 13.4. The van der Waals surface area contributed by atoms with Gasteiger partial charge in [0.1, 0.15) is 11.6 Å². The average Bonchev–Trinajstić information content (AvgIpc) is 3.02. The number of benzene rings is 1. The summed E-state index contributed by atoms with van der Waals surface area (Å²) in [6.45, 7) is 0. The monoisotopic (exact) mass is 268 g/mol. The molecule has 3 nitrogen and oxygen atoms in total. The second kappa shape index (κ2) is 5.15. The van der Waals surface area contributed by atoms with E-state index in [0.29, 0.717) is 18.1 Å². The van der Waals surface area contributed by atoms with Crippen LogP contribution >= 0.6 is 0 Å². The van der Waals surface area contributed by atoms with Crippen LogP contribution in [0.4, 0.5) is 8.78 Å². The summed E-state index contributed by atoms with van der Waals surface area (Å²) in [5, 5.41) is 0. The molecule has 2 bridgehead atoms. The van der Waals surface area contributed by atoms with E-state index in [4.69, 9.17) is 10.6 Å². The Labute approximate surface area is 111 Å². The van der Waals surface area contributed by atoms with Crippen molar-refractivity contribution in [2.75, 3.05) is 0 Å². The largest absolute Gasteiger partial charge is 0.375 e. The molecule has 4 atom stereocenters. The highest BCUT2D eigenvalue weighted by Gasteiger charge is 2.44. The molecular weight excluding hydrogens is 250 g/mol. The molecular formula is C14H18F2N2O. The number of nitrogens with one attached hydrogen (secondary N) is 1. The second-order valence-corrected chi connectivity index (χ2v) is 5.49. The number of hydrazine groups is 1. The van der Waals surface area contributed by atoms with Crippen LogP contribution in [0.1, 0.15) is 24.8 Å². The van der Waals surface area contributed by atoms with Gasteiger partial charge in [-0.15, -0.1) is 0 Å². The third-order valence-electron chi connectivity index (χ3n) is 4.33. The number of rotatable bonds is 4. The van der Waals surface area contributed by atoms with Gasteiger partial charge in [-0.1, -0.05) is 0 Å². The van der Waals surface area contributed by atoms with E-state index in [1.807, 2.05) is 0 Å². The Morgan fingerprint density at radius 1 is 1.37 bits per heavy atom. The summed E-state index contributed by atoms with van der Waals surface area (Å²) in [5.41, 5.74) is 3.12. The van der Waals surface area contributed by atoms with Crippen LogP contribution in [-0.4, -0.2) is 18.2 Å². The fourth-order valence-corrected chi connectivity index (χ4v) is 3.37. The molecule has 2 aliphatic heterocycles. The molecule has 1 aromatic rings. The van der Waals surface area contributed by atoms with Crippen molar-refractivity contribution in [1.29, 1.82) is 0 Å². The van der Waals surface area contributed by atoms with E-state index in [1.165, 1.54) is 6.07 Å². The van der Waals surface area contributed by atoms with E-state index < -0.39 is 5.82 Å². The molecule has 0 saturated carbocycles. The molecule has 104 valence electrons. The van der Waals surface area contributed by atoms with Crippen molar-refractivity contribution >= 4 is 0 Å². The molecule has 2 saturated heterocycles. The summed E-state index contributed by atoms with van der Waals surface area (Å²) in [5.74, 6) is 5.08. The lowest BCUT2D eigenvalue weighted by molar-refractivity contribution is 0.0856. The number of nitrogens with two attached hydrogens (primary N) is 1. The van der Waals surface area contributed by atoms with Crippen LogP contribution in [0.15, 0.2) is 18.2 Å². The number of fused-ring (bicyclic) bond motifs is 2. The van der Waals surface area contributed by atoms with Crippen molar-refractivity contribution in [3.05, 3.63) is 35.4 Å². The number of hydrogen-bond acceptors (Lipinski definition) is 3. The first-order valence-electron chi connectivity index (χ1n) is 6.73. The number of ether oxygens (including phenoxy) is 1. The maximum Gasteiger partial charge on any atom is 0.126 e. The first-order chi connectivity index (χ1) is 9.17. The first-order valence-corrected chi connectivity index (χ1v) is 6.73. The van der Waals surface area contributed by atoms with Crippen LogP contribution in [0.2, 0.25) is 0 Å². The SMILES string of the molecule is NNC(Cc1cc(F)ccc1F)C1CC2CCC1O2. The second-order valence-electron chi connectivity index (χ2n) is 5.49. The maximum absolute atomic E-state index is 13.7. The van der Waals surface area contributed by atoms with E-state index in [0.717, 1.165) is 31.4 Å².